The number of halogens is 1. The van der Waals surface area contributed by atoms with E-state index in [-0.39, 0.29) is 17.3 Å². The van der Waals surface area contributed by atoms with Crippen molar-refractivity contribution in [3.63, 3.8) is 0 Å². The fourth-order valence-electron chi connectivity index (χ4n) is 3.05. The maximum Gasteiger partial charge on any atom is 0.244 e. The molecule has 1 unspecified atom stereocenters. The molecule has 1 aliphatic heterocycles. The summed E-state index contributed by atoms with van der Waals surface area (Å²) < 4.78 is 33.1. The second kappa shape index (κ2) is 8.87. The van der Waals surface area contributed by atoms with Gasteiger partial charge in [0, 0.05) is 6.54 Å². The van der Waals surface area contributed by atoms with Crippen molar-refractivity contribution in [1.29, 1.82) is 0 Å². The smallest absolute Gasteiger partial charge is 0.244 e. The molecule has 0 bridgehead atoms. The summed E-state index contributed by atoms with van der Waals surface area (Å²) in [6.45, 7) is 6.24. The number of ether oxygens (including phenoxy) is 1. The lowest BCUT2D eigenvalue weighted by atomic mass is 9.96. The van der Waals surface area contributed by atoms with E-state index in [0.29, 0.717) is 23.8 Å². The molecule has 0 aromatic heterocycles. The summed E-state index contributed by atoms with van der Waals surface area (Å²) in [6.07, 6.45) is 3.20. The topological polar surface area (TPSA) is 67.4 Å². The largest absolute Gasteiger partial charge is 0.495 e. The van der Waals surface area contributed by atoms with Crippen molar-refractivity contribution >= 4 is 22.4 Å². The maximum atomic E-state index is 12.6. The molecule has 2 N–H and O–H groups in total. The summed E-state index contributed by atoms with van der Waals surface area (Å²) in [5.41, 5.74) is 1.70. The van der Waals surface area contributed by atoms with E-state index in [1.54, 1.807) is 13.0 Å². The molecule has 5 nitrogen and oxygen atoms in total. The third kappa shape index (κ3) is 5.35. The molecule has 1 aliphatic rings. The van der Waals surface area contributed by atoms with Gasteiger partial charge in [0.05, 0.1) is 7.11 Å². The molecule has 0 saturated carbocycles. The van der Waals surface area contributed by atoms with Crippen LogP contribution in [0.4, 0.5) is 0 Å². The van der Waals surface area contributed by atoms with Crippen LogP contribution in [0.25, 0.3) is 0 Å². The van der Waals surface area contributed by atoms with Gasteiger partial charge in [-0.2, -0.15) is 0 Å². The van der Waals surface area contributed by atoms with Crippen LogP contribution < -0.4 is 14.8 Å². The van der Waals surface area contributed by atoms with Crippen molar-refractivity contribution < 1.29 is 13.2 Å². The highest BCUT2D eigenvalue weighted by Gasteiger charge is 2.23. The van der Waals surface area contributed by atoms with Gasteiger partial charge in [-0.3, -0.25) is 0 Å². The minimum Gasteiger partial charge on any atom is -0.495 e. The monoisotopic (exact) mass is 362 g/mol. The highest BCUT2D eigenvalue weighted by atomic mass is 35.5. The lowest BCUT2D eigenvalue weighted by Gasteiger charge is -2.22. The Labute approximate surface area is 145 Å². The predicted molar refractivity (Wildman–Crippen MR) is 95.1 cm³/mol. The molecule has 1 fully saturated rings. The minimum atomic E-state index is -3.55. The van der Waals surface area contributed by atoms with Crippen molar-refractivity contribution in [3.05, 3.63) is 23.3 Å². The Bertz CT molecular complexity index is 614. The number of benzene rings is 1. The molecule has 1 aromatic rings. The Morgan fingerprint density at radius 1 is 1.35 bits per heavy atom. The average Bonchev–Trinajstić information content (AvgIpc) is 2.46. The van der Waals surface area contributed by atoms with E-state index in [1.165, 1.54) is 20.0 Å². The summed E-state index contributed by atoms with van der Waals surface area (Å²) in [7, 11) is -2.05. The number of sulfonamides is 1. The maximum absolute atomic E-state index is 12.6. The standard InChI is InChI=1S/C16H26N2O3S.ClH/c1-12-9-13(2)16(15(10-12)21-3)22(19,20)18-8-6-14-5-4-7-17-11-14;/h9-10,14,17-18H,4-8,11H2,1-3H3;1H. The van der Waals surface area contributed by atoms with Crippen LogP contribution in [0.1, 0.15) is 30.4 Å². The summed E-state index contributed by atoms with van der Waals surface area (Å²) >= 11 is 0. The third-order valence-corrected chi connectivity index (χ3v) is 5.76. The second-order valence-electron chi connectivity index (χ2n) is 6.01. The SMILES string of the molecule is COc1cc(C)cc(C)c1S(=O)(=O)NCCC1CCCNC1.Cl. The summed E-state index contributed by atoms with van der Waals surface area (Å²) in [5.74, 6) is 0.960. The van der Waals surface area contributed by atoms with Crippen molar-refractivity contribution in [3.8, 4) is 5.75 Å². The van der Waals surface area contributed by atoms with Gasteiger partial charge in [0.25, 0.3) is 0 Å². The van der Waals surface area contributed by atoms with Crippen LogP contribution in [0.2, 0.25) is 0 Å². The molecule has 0 amide bonds. The van der Waals surface area contributed by atoms with E-state index in [1.807, 2.05) is 13.0 Å². The van der Waals surface area contributed by atoms with E-state index in [4.69, 9.17) is 4.74 Å². The number of aryl methyl sites for hydroxylation is 2. The molecule has 2 rings (SSSR count). The number of hydrogen-bond acceptors (Lipinski definition) is 4. The highest BCUT2D eigenvalue weighted by Crippen LogP contribution is 2.28. The molecule has 0 aliphatic carbocycles. The van der Waals surface area contributed by atoms with E-state index in [9.17, 15) is 8.42 Å². The van der Waals surface area contributed by atoms with Crippen molar-refractivity contribution in [2.24, 2.45) is 5.92 Å². The number of rotatable bonds is 6. The lowest BCUT2D eigenvalue weighted by Crippen LogP contribution is -2.33. The Balaban J connectivity index is 0.00000264. The van der Waals surface area contributed by atoms with Gasteiger partial charge in [-0.25, -0.2) is 13.1 Å². The third-order valence-electron chi connectivity index (χ3n) is 4.12. The molecule has 0 radical (unpaired) electrons. The Morgan fingerprint density at radius 2 is 2.09 bits per heavy atom. The molecule has 1 atom stereocenters. The van der Waals surface area contributed by atoms with Crippen LogP contribution in [0.5, 0.6) is 5.75 Å². The molecule has 0 spiro atoms. The quantitative estimate of drug-likeness (QED) is 0.815. The highest BCUT2D eigenvalue weighted by molar-refractivity contribution is 7.89. The van der Waals surface area contributed by atoms with Gasteiger partial charge >= 0.3 is 0 Å². The van der Waals surface area contributed by atoms with Crippen molar-refractivity contribution in [1.82, 2.24) is 10.0 Å². The number of piperidine rings is 1. The summed E-state index contributed by atoms with van der Waals surface area (Å²) in [4.78, 5) is 0.252. The van der Waals surface area contributed by atoms with E-state index in [2.05, 4.69) is 10.0 Å². The van der Waals surface area contributed by atoms with E-state index in [0.717, 1.165) is 25.1 Å². The van der Waals surface area contributed by atoms with Crippen LogP contribution in [0.3, 0.4) is 0 Å². The molecule has 23 heavy (non-hydrogen) atoms. The number of hydrogen-bond donors (Lipinski definition) is 2. The van der Waals surface area contributed by atoms with Gasteiger partial charge in [0.1, 0.15) is 10.6 Å². The Morgan fingerprint density at radius 3 is 2.70 bits per heavy atom. The molecule has 1 aromatic carbocycles. The zero-order valence-corrected chi connectivity index (χ0v) is 15.6. The fraction of sp³-hybridized carbons (Fsp3) is 0.625. The lowest BCUT2D eigenvalue weighted by molar-refractivity contribution is 0.358. The normalized spacial score (nSPS) is 18.3. The van der Waals surface area contributed by atoms with E-state index >= 15 is 0 Å². The first-order valence-corrected chi connectivity index (χ1v) is 9.28. The number of nitrogens with one attached hydrogen (secondary N) is 2. The average molecular weight is 363 g/mol. The fourth-order valence-corrected chi connectivity index (χ4v) is 4.47. The van der Waals surface area contributed by atoms with Gasteiger partial charge in [-0.15, -0.1) is 12.4 Å². The van der Waals surface area contributed by atoms with Crippen LogP contribution in [0.15, 0.2) is 17.0 Å². The zero-order chi connectivity index (χ0) is 16.2. The first-order valence-electron chi connectivity index (χ1n) is 7.79. The van der Waals surface area contributed by atoms with Gasteiger partial charge in [0.2, 0.25) is 10.0 Å². The van der Waals surface area contributed by atoms with Gasteiger partial charge in [-0.05, 0) is 69.3 Å². The number of methoxy groups -OCH3 is 1. The van der Waals surface area contributed by atoms with Crippen LogP contribution >= 0.6 is 12.4 Å². The molecular weight excluding hydrogens is 336 g/mol. The Hall–Kier alpha value is -0.820. The molecule has 132 valence electrons. The summed E-state index contributed by atoms with van der Waals surface area (Å²) in [5, 5.41) is 3.35. The van der Waals surface area contributed by atoms with Crippen LogP contribution in [-0.2, 0) is 10.0 Å². The van der Waals surface area contributed by atoms with Crippen molar-refractivity contribution in [2.75, 3.05) is 26.7 Å². The van der Waals surface area contributed by atoms with E-state index < -0.39 is 10.0 Å². The van der Waals surface area contributed by atoms with Crippen LogP contribution in [0, 0.1) is 19.8 Å². The first kappa shape index (κ1) is 20.2. The van der Waals surface area contributed by atoms with Gasteiger partial charge < -0.3 is 10.1 Å². The molecular formula is C16H27ClN2O3S. The van der Waals surface area contributed by atoms with Crippen LogP contribution in [-0.4, -0.2) is 35.2 Å². The van der Waals surface area contributed by atoms with Crippen molar-refractivity contribution in [2.45, 2.75) is 38.0 Å². The first-order chi connectivity index (χ1) is 10.4. The molecule has 7 heteroatoms. The second-order valence-corrected chi connectivity index (χ2v) is 7.72. The Kier molecular flexibility index (Phi) is 7.80. The minimum absolute atomic E-state index is 0. The van der Waals surface area contributed by atoms with Gasteiger partial charge in [0.15, 0.2) is 0 Å². The predicted octanol–water partition coefficient (Wildman–Crippen LogP) is 2.40. The van der Waals surface area contributed by atoms with Gasteiger partial charge in [-0.1, -0.05) is 6.07 Å². The molecule has 1 heterocycles. The summed E-state index contributed by atoms with van der Waals surface area (Å²) in [6, 6.07) is 3.62. The molecule has 1 saturated heterocycles. The zero-order valence-electron chi connectivity index (χ0n) is 14.0.